The highest BCUT2D eigenvalue weighted by molar-refractivity contribution is 7.07. The first kappa shape index (κ1) is 18.7. The molecule has 0 aliphatic heterocycles. The van der Waals surface area contributed by atoms with Crippen LogP contribution < -0.4 is 4.80 Å². The molecule has 0 amide bonds. The molecule has 0 saturated heterocycles. The second-order valence-electron chi connectivity index (χ2n) is 6.36. The first-order valence-electron chi connectivity index (χ1n) is 9.10. The molecule has 0 aliphatic carbocycles. The van der Waals surface area contributed by atoms with E-state index in [0.717, 1.165) is 11.0 Å². The summed E-state index contributed by atoms with van der Waals surface area (Å²) < 4.78 is 12.8. The van der Waals surface area contributed by atoms with Crippen LogP contribution in [0.2, 0.25) is 0 Å². The van der Waals surface area contributed by atoms with Gasteiger partial charge in [0.1, 0.15) is 16.2 Å². The summed E-state index contributed by atoms with van der Waals surface area (Å²) >= 11 is 1.38. The molecule has 0 saturated carbocycles. The monoisotopic (exact) mass is 431 g/mol. The molecule has 0 atom stereocenters. The summed E-state index contributed by atoms with van der Waals surface area (Å²) in [5, 5.41) is 18.2. The SMILES string of the molecule is O=[N+]([O-])c1ccc(C=Nn2c(-c3cc4ccccc4o3)csc2=Nc2cccnc2)o1. The van der Waals surface area contributed by atoms with Gasteiger partial charge in [-0.1, -0.05) is 18.2 Å². The Kier molecular flexibility index (Phi) is 4.73. The van der Waals surface area contributed by atoms with Crippen LogP contribution in [0.1, 0.15) is 5.76 Å². The van der Waals surface area contributed by atoms with Crippen molar-refractivity contribution in [1.29, 1.82) is 0 Å². The molecule has 9 nitrogen and oxygen atoms in total. The molecule has 4 heterocycles. The number of furan rings is 2. The topological polar surface area (TPSA) is 112 Å². The van der Waals surface area contributed by atoms with Crippen LogP contribution in [-0.2, 0) is 0 Å². The Morgan fingerprint density at radius 3 is 2.81 bits per heavy atom. The van der Waals surface area contributed by atoms with Gasteiger partial charge in [-0.3, -0.25) is 15.1 Å². The molecule has 5 aromatic rings. The smallest absolute Gasteiger partial charge is 0.433 e. The van der Waals surface area contributed by atoms with Crippen molar-refractivity contribution in [3.63, 3.8) is 0 Å². The van der Waals surface area contributed by atoms with E-state index in [0.29, 0.717) is 21.9 Å². The summed E-state index contributed by atoms with van der Waals surface area (Å²) in [6.45, 7) is 0. The summed E-state index contributed by atoms with van der Waals surface area (Å²) in [6.07, 6.45) is 4.71. The van der Waals surface area contributed by atoms with E-state index in [9.17, 15) is 10.1 Å². The van der Waals surface area contributed by atoms with Crippen LogP contribution >= 0.6 is 11.3 Å². The van der Waals surface area contributed by atoms with Crippen molar-refractivity contribution in [2.75, 3.05) is 0 Å². The minimum absolute atomic E-state index is 0.244. The van der Waals surface area contributed by atoms with Gasteiger partial charge in [0.15, 0.2) is 11.5 Å². The summed E-state index contributed by atoms with van der Waals surface area (Å²) in [6, 6.07) is 16.0. The molecule has 0 radical (unpaired) electrons. The van der Waals surface area contributed by atoms with E-state index < -0.39 is 4.92 Å². The minimum Gasteiger partial charge on any atom is -0.454 e. The van der Waals surface area contributed by atoms with Gasteiger partial charge in [-0.25, -0.2) is 9.67 Å². The van der Waals surface area contributed by atoms with Crippen molar-refractivity contribution in [2.24, 2.45) is 10.1 Å². The fraction of sp³-hybridized carbons (Fsp3) is 0. The molecule has 31 heavy (non-hydrogen) atoms. The predicted octanol–water partition coefficient (Wildman–Crippen LogP) is 4.97. The number of benzene rings is 1. The fourth-order valence-electron chi connectivity index (χ4n) is 2.92. The van der Waals surface area contributed by atoms with Crippen molar-refractivity contribution in [1.82, 2.24) is 9.66 Å². The van der Waals surface area contributed by atoms with Gasteiger partial charge in [0.25, 0.3) is 0 Å². The number of aromatic nitrogens is 2. The van der Waals surface area contributed by atoms with Gasteiger partial charge in [0.2, 0.25) is 4.80 Å². The van der Waals surface area contributed by atoms with Crippen molar-refractivity contribution in [2.45, 2.75) is 0 Å². The maximum atomic E-state index is 10.9. The van der Waals surface area contributed by atoms with E-state index in [4.69, 9.17) is 8.83 Å². The number of nitro groups is 1. The van der Waals surface area contributed by atoms with Crippen molar-refractivity contribution in [3.8, 4) is 11.5 Å². The highest BCUT2D eigenvalue weighted by Crippen LogP contribution is 2.28. The zero-order valence-corrected chi connectivity index (χ0v) is 16.6. The number of para-hydroxylation sites is 1. The molecule has 0 bridgehead atoms. The molecule has 152 valence electrons. The van der Waals surface area contributed by atoms with Crippen LogP contribution in [0.25, 0.3) is 22.4 Å². The van der Waals surface area contributed by atoms with Gasteiger partial charge in [0.05, 0.1) is 24.2 Å². The molecule has 1 aromatic carbocycles. The molecule has 0 spiro atoms. The summed E-state index contributed by atoms with van der Waals surface area (Å²) in [5.41, 5.74) is 2.10. The number of hydrogen-bond donors (Lipinski definition) is 0. The Balaban J connectivity index is 1.63. The summed E-state index contributed by atoms with van der Waals surface area (Å²) in [5.74, 6) is 0.510. The predicted molar refractivity (Wildman–Crippen MR) is 115 cm³/mol. The Morgan fingerprint density at radius 1 is 1.13 bits per heavy atom. The van der Waals surface area contributed by atoms with Gasteiger partial charge in [-0.2, -0.15) is 5.10 Å². The maximum Gasteiger partial charge on any atom is 0.433 e. The van der Waals surface area contributed by atoms with Crippen LogP contribution in [0.15, 0.2) is 91.3 Å². The number of fused-ring (bicyclic) bond motifs is 1. The van der Waals surface area contributed by atoms with E-state index in [1.165, 1.54) is 29.7 Å². The molecule has 0 aliphatic rings. The standard InChI is InChI=1S/C21H13N5O4S/c27-26(28)20-8-7-16(29-20)12-23-25-17(19-10-14-4-1-2-6-18(14)30-19)13-31-21(25)24-15-5-3-9-22-11-15/h1-13H. The molecule has 5 rings (SSSR count). The number of nitrogens with zero attached hydrogens (tertiary/aromatic N) is 5. The first-order chi connectivity index (χ1) is 15.2. The lowest BCUT2D eigenvalue weighted by Crippen LogP contribution is -2.11. The number of pyridine rings is 1. The van der Waals surface area contributed by atoms with Crippen molar-refractivity contribution in [3.05, 3.63) is 93.0 Å². The Hall–Kier alpha value is -4.31. The van der Waals surface area contributed by atoms with Crippen LogP contribution in [0.4, 0.5) is 11.6 Å². The van der Waals surface area contributed by atoms with Crippen molar-refractivity contribution < 1.29 is 13.8 Å². The van der Waals surface area contributed by atoms with E-state index in [-0.39, 0.29) is 11.6 Å². The van der Waals surface area contributed by atoms with Crippen LogP contribution in [-0.4, -0.2) is 20.8 Å². The molecule has 0 unspecified atom stereocenters. The Labute approximate surface area is 178 Å². The van der Waals surface area contributed by atoms with E-state index in [2.05, 4.69) is 15.1 Å². The van der Waals surface area contributed by atoms with E-state index >= 15 is 0 Å². The van der Waals surface area contributed by atoms with Crippen LogP contribution in [0.3, 0.4) is 0 Å². The van der Waals surface area contributed by atoms with Gasteiger partial charge in [0, 0.05) is 17.0 Å². The largest absolute Gasteiger partial charge is 0.454 e. The third kappa shape index (κ3) is 3.79. The number of rotatable bonds is 5. The maximum absolute atomic E-state index is 10.9. The zero-order valence-electron chi connectivity index (χ0n) is 15.8. The molecule has 10 heteroatoms. The highest BCUT2D eigenvalue weighted by Gasteiger charge is 2.14. The second-order valence-corrected chi connectivity index (χ2v) is 7.20. The van der Waals surface area contributed by atoms with Gasteiger partial charge < -0.3 is 8.83 Å². The molecular weight excluding hydrogens is 418 g/mol. The second kappa shape index (κ2) is 7.84. The molecule has 0 N–H and O–H groups in total. The highest BCUT2D eigenvalue weighted by atomic mass is 32.1. The lowest BCUT2D eigenvalue weighted by atomic mass is 10.2. The van der Waals surface area contributed by atoms with Gasteiger partial charge in [-0.15, -0.1) is 11.3 Å². The van der Waals surface area contributed by atoms with Crippen LogP contribution in [0.5, 0.6) is 0 Å². The van der Waals surface area contributed by atoms with Crippen LogP contribution in [0, 0.1) is 10.1 Å². The molecule has 0 fully saturated rings. The third-order valence-electron chi connectivity index (χ3n) is 4.33. The van der Waals surface area contributed by atoms with Crippen molar-refractivity contribution >= 4 is 40.1 Å². The average Bonchev–Trinajstić information content (AvgIpc) is 3.51. The Bertz CT molecular complexity index is 1440. The van der Waals surface area contributed by atoms with Gasteiger partial charge >= 0.3 is 5.88 Å². The van der Waals surface area contributed by atoms with E-state index in [1.807, 2.05) is 41.8 Å². The number of thiazole rings is 1. The normalized spacial score (nSPS) is 12.2. The Morgan fingerprint density at radius 2 is 2.03 bits per heavy atom. The minimum atomic E-state index is -0.599. The fourth-order valence-corrected chi connectivity index (χ4v) is 3.76. The number of hydrogen-bond acceptors (Lipinski definition) is 8. The van der Waals surface area contributed by atoms with E-state index in [1.54, 1.807) is 23.1 Å². The third-order valence-corrected chi connectivity index (χ3v) is 5.14. The summed E-state index contributed by atoms with van der Waals surface area (Å²) in [4.78, 5) is 19.5. The summed E-state index contributed by atoms with van der Waals surface area (Å²) in [7, 11) is 0. The zero-order chi connectivity index (χ0) is 21.2. The first-order valence-corrected chi connectivity index (χ1v) is 9.98. The lowest BCUT2D eigenvalue weighted by Gasteiger charge is -2.00. The average molecular weight is 431 g/mol. The quantitative estimate of drug-likeness (QED) is 0.221. The lowest BCUT2D eigenvalue weighted by molar-refractivity contribution is -0.402. The molecule has 4 aromatic heterocycles. The van der Waals surface area contributed by atoms with Gasteiger partial charge in [-0.05, 0) is 30.3 Å². The molecular formula is C21H13N5O4S.